The maximum atomic E-state index is 12.2. The van der Waals surface area contributed by atoms with E-state index in [2.05, 4.69) is 5.32 Å². The second-order valence-corrected chi connectivity index (χ2v) is 4.49. The van der Waals surface area contributed by atoms with Gasteiger partial charge >= 0.3 is 18.2 Å². The zero-order valence-corrected chi connectivity index (χ0v) is 10.9. The van der Waals surface area contributed by atoms with E-state index >= 15 is 0 Å². The van der Waals surface area contributed by atoms with Crippen LogP contribution in [0.2, 0.25) is 0 Å². The Bertz CT molecular complexity index is 331. The molecule has 0 atom stereocenters. The number of rotatable bonds is 6. The highest BCUT2D eigenvalue weighted by Crippen LogP contribution is 2.16. The number of aliphatic carboxylic acids is 1. The van der Waals surface area contributed by atoms with Crippen molar-refractivity contribution in [2.75, 3.05) is 26.7 Å². The van der Waals surface area contributed by atoms with Crippen LogP contribution in [0.5, 0.6) is 0 Å². The number of carboxylic acids is 1. The van der Waals surface area contributed by atoms with Gasteiger partial charge in [-0.2, -0.15) is 13.2 Å². The van der Waals surface area contributed by atoms with E-state index in [0.29, 0.717) is 0 Å². The number of carbonyl (C=O) groups is 2. The van der Waals surface area contributed by atoms with Gasteiger partial charge in [0.2, 0.25) is 0 Å². The third kappa shape index (κ3) is 8.25. The predicted molar refractivity (Wildman–Crippen MR) is 59.8 cm³/mol. The van der Waals surface area contributed by atoms with Crippen molar-refractivity contribution in [1.82, 2.24) is 10.2 Å². The van der Waals surface area contributed by atoms with E-state index in [4.69, 9.17) is 9.84 Å². The summed E-state index contributed by atoms with van der Waals surface area (Å²) >= 11 is 0. The van der Waals surface area contributed by atoms with Gasteiger partial charge in [-0.05, 0) is 13.8 Å². The fraction of sp³-hybridized carbons (Fsp3) is 0.800. The summed E-state index contributed by atoms with van der Waals surface area (Å²) in [5.74, 6) is -1.52. The highest BCUT2D eigenvalue weighted by molar-refractivity contribution is 5.80. The van der Waals surface area contributed by atoms with Gasteiger partial charge in [0.15, 0.2) is 0 Å². The van der Waals surface area contributed by atoms with Gasteiger partial charge in [-0.1, -0.05) is 0 Å². The van der Waals surface area contributed by atoms with Crippen molar-refractivity contribution >= 4 is 12.0 Å². The van der Waals surface area contributed by atoms with Gasteiger partial charge in [-0.3, -0.25) is 4.79 Å². The first-order valence-electron chi connectivity index (χ1n) is 5.33. The highest BCUT2D eigenvalue weighted by atomic mass is 19.4. The second-order valence-electron chi connectivity index (χ2n) is 4.49. The normalized spacial score (nSPS) is 12.1. The SMILES string of the molecule is COC(C)(C)CNC(=O)N(CC(=O)O)CC(F)(F)F. The molecule has 0 fully saturated rings. The van der Waals surface area contributed by atoms with E-state index in [1.165, 1.54) is 7.11 Å². The minimum absolute atomic E-state index is 0.0453. The van der Waals surface area contributed by atoms with Crippen LogP contribution in [0.3, 0.4) is 0 Å². The number of nitrogens with zero attached hydrogens (tertiary/aromatic N) is 1. The van der Waals surface area contributed by atoms with Gasteiger partial charge in [0.1, 0.15) is 13.1 Å². The molecule has 0 heterocycles. The number of alkyl halides is 3. The monoisotopic (exact) mass is 286 g/mol. The minimum Gasteiger partial charge on any atom is -0.480 e. The molecule has 0 saturated heterocycles. The summed E-state index contributed by atoms with van der Waals surface area (Å²) in [4.78, 5) is 22.1. The second kappa shape index (κ2) is 6.60. The number of carbonyl (C=O) groups excluding carboxylic acids is 1. The van der Waals surface area contributed by atoms with E-state index in [1.807, 2.05) is 0 Å². The van der Waals surface area contributed by atoms with E-state index in [1.54, 1.807) is 13.8 Å². The van der Waals surface area contributed by atoms with Crippen LogP contribution in [0.15, 0.2) is 0 Å². The number of amides is 2. The Hall–Kier alpha value is -1.51. The van der Waals surface area contributed by atoms with E-state index in [-0.39, 0.29) is 11.4 Å². The largest absolute Gasteiger partial charge is 0.480 e. The number of nitrogens with one attached hydrogen (secondary N) is 1. The molecule has 0 aliphatic rings. The van der Waals surface area contributed by atoms with E-state index < -0.39 is 36.9 Å². The summed E-state index contributed by atoms with van der Waals surface area (Å²) in [6.07, 6.45) is -4.66. The molecule has 112 valence electrons. The van der Waals surface area contributed by atoms with Gasteiger partial charge in [0.05, 0.1) is 5.60 Å². The highest BCUT2D eigenvalue weighted by Gasteiger charge is 2.34. The molecule has 0 aliphatic carbocycles. The Morgan fingerprint density at radius 3 is 2.21 bits per heavy atom. The van der Waals surface area contributed by atoms with Gasteiger partial charge in [0, 0.05) is 13.7 Å². The maximum absolute atomic E-state index is 12.2. The van der Waals surface area contributed by atoms with Crippen molar-refractivity contribution in [3.63, 3.8) is 0 Å². The lowest BCUT2D eigenvalue weighted by molar-refractivity contribution is -0.149. The van der Waals surface area contributed by atoms with Gasteiger partial charge in [-0.25, -0.2) is 4.79 Å². The van der Waals surface area contributed by atoms with Crippen molar-refractivity contribution in [2.24, 2.45) is 0 Å². The van der Waals surface area contributed by atoms with Crippen molar-refractivity contribution in [3.05, 3.63) is 0 Å². The Morgan fingerprint density at radius 1 is 1.32 bits per heavy atom. The molecule has 0 aliphatic heterocycles. The summed E-state index contributed by atoms with van der Waals surface area (Å²) in [7, 11) is 1.39. The molecule has 19 heavy (non-hydrogen) atoms. The summed E-state index contributed by atoms with van der Waals surface area (Å²) in [5.41, 5.74) is -0.761. The third-order valence-corrected chi connectivity index (χ3v) is 2.20. The van der Waals surface area contributed by atoms with E-state index in [0.717, 1.165) is 0 Å². The molecule has 6 nitrogen and oxygen atoms in total. The quantitative estimate of drug-likeness (QED) is 0.765. The van der Waals surface area contributed by atoms with Crippen LogP contribution in [-0.2, 0) is 9.53 Å². The molecule has 9 heteroatoms. The van der Waals surface area contributed by atoms with Crippen molar-refractivity contribution in [3.8, 4) is 0 Å². The first kappa shape index (κ1) is 17.5. The summed E-state index contributed by atoms with van der Waals surface area (Å²) in [5, 5.41) is 10.7. The van der Waals surface area contributed by atoms with E-state index in [9.17, 15) is 22.8 Å². The molecular weight excluding hydrogens is 269 g/mol. The molecule has 0 unspecified atom stereocenters. The molecule has 0 spiro atoms. The molecule has 2 N–H and O–H groups in total. The Kier molecular flexibility index (Phi) is 6.07. The Morgan fingerprint density at radius 2 is 1.84 bits per heavy atom. The van der Waals surface area contributed by atoms with Gasteiger partial charge in [0.25, 0.3) is 0 Å². The lowest BCUT2D eigenvalue weighted by Gasteiger charge is -2.27. The molecule has 0 saturated carbocycles. The summed E-state index contributed by atoms with van der Waals surface area (Å²) < 4.78 is 41.6. The van der Waals surface area contributed by atoms with Crippen LogP contribution in [0.4, 0.5) is 18.0 Å². The zero-order chi connectivity index (χ0) is 15.3. The van der Waals surface area contributed by atoms with Crippen LogP contribution < -0.4 is 5.32 Å². The van der Waals surface area contributed by atoms with Crippen molar-refractivity contribution in [1.29, 1.82) is 0 Å². The fourth-order valence-electron chi connectivity index (χ4n) is 1.05. The molecule has 0 radical (unpaired) electrons. The Labute approximate surface area is 108 Å². The molecule has 0 aromatic rings. The average Bonchev–Trinajstić information content (AvgIpc) is 2.22. The number of hydrogen-bond donors (Lipinski definition) is 2. The first-order chi connectivity index (χ1) is 8.47. The Balaban J connectivity index is 4.59. The fourth-order valence-corrected chi connectivity index (χ4v) is 1.05. The molecule has 0 bridgehead atoms. The van der Waals surface area contributed by atoms with Crippen LogP contribution >= 0.6 is 0 Å². The number of carboxylic acid groups (broad SMARTS) is 1. The summed E-state index contributed by atoms with van der Waals surface area (Å²) in [6.45, 7) is 0.546. The van der Waals surface area contributed by atoms with Crippen LogP contribution in [-0.4, -0.2) is 60.5 Å². The smallest absolute Gasteiger partial charge is 0.406 e. The van der Waals surface area contributed by atoms with Crippen molar-refractivity contribution < 1.29 is 32.6 Å². The molecular formula is C10H17F3N2O4. The van der Waals surface area contributed by atoms with Gasteiger partial charge in [-0.15, -0.1) is 0 Å². The predicted octanol–water partition coefficient (Wildman–Crippen LogP) is 1.07. The summed E-state index contributed by atoms with van der Waals surface area (Å²) in [6, 6.07) is -1.11. The number of ether oxygens (including phenoxy) is 1. The lowest BCUT2D eigenvalue weighted by atomic mass is 10.1. The van der Waals surface area contributed by atoms with Crippen molar-refractivity contribution in [2.45, 2.75) is 25.6 Å². The average molecular weight is 286 g/mol. The van der Waals surface area contributed by atoms with Crippen LogP contribution in [0.25, 0.3) is 0 Å². The molecule has 0 aromatic heterocycles. The topological polar surface area (TPSA) is 78.9 Å². The number of halogens is 3. The number of hydrogen-bond acceptors (Lipinski definition) is 3. The standard InChI is InChI=1S/C10H17F3N2O4/c1-9(2,19-3)5-14-8(18)15(4-7(16)17)6-10(11,12)13/h4-6H2,1-3H3,(H,14,18)(H,16,17). The molecule has 2 amide bonds. The van der Waals surface area contributed by atoms with Crippen LogP contribution in [0, 0.1) is 0 Å². The maximum Gasteiger partial charge on any atom is 0.406 e. The molecule has 0 rings (SSSR count). The zero-order valence-electron chi connectivity index (χ0n) is 10.9. The number of urea groups is 1. The first-order valence-corrected chi connectivity index (χ1v) is 5.33. The van der Waals surface area contributed by atoms with Crippen LogP contribution in [0.1, 0.15) is 13.8 Å². The lowest BCUT2D eigenvalue weighted by Crippen LogP contribution is -2.50. The number of methoxy groups -OCH3 is 1. The minimum atomic E-state index is -4.66. The third-order valence-electron chi connectivity index (χ3n) is 2.20. The molecule has 0 aromatic carbocycles. The van der Waals surface area contributed by atoms with Gasteiger partial charge < -0.3 is 20.1 Å².